The first kappa shape index (κ1) is 19.8. The van der Waals surface area contributed by atoms with Crippen LogP contribution in [0.1, 0.15) is 50.5 Å². The summed E-state index contributed by atoms with van der Waals surface area (Å²) in [6.07, 6.45) is 2.81. The van der Waals surface area contributed by atoms with Crippen LogP contribution in [0.3, 0.4) is 0 Å². The van der Waals surface area contributed by atoms with Crippen molar-refractivity contribution < 1.29 is 19.4 Å². The molecule has 0 bridgehead atoms. The molecular formula is C24H22N2O4S. The monoisotopic (exact) mass is 434 g/mol. The van der Waals surface area contributed by atoms with E-state index in [1.807, 2.05) is 24.3 Å². The molecule has 1 aliphatic carbocycles. The number of carbonyl (C=O) groups excluding carboxylic acids is 1. The molecule has 2 aromatic carbocycles. The number of hydrogen-bond donors (Lipinski definition) is 1. The van der Waals surface area contributed by atoms with Crippen LogP contribution >= 0.6 is 11.3 Å². The zero-order valence-corrected chi connectivity index (χ0v) is 17.7. The van der Waals surface area contributed by atoms with E-state index in [-0.39, 0.29) is 22.8 Å². The second-order valence-electron chi connectivity index (χ2n) is 7.96. The maximum atomic E-state index is 12.9. The van der Waals surface area contributed by atoms with Gasteiger partial charge in [0.2, 0.25) is 0 Å². The third-order valence-corrected chi connectivity index (χ3v) is 7.25. The van der Waals surface area contributed by atoms with Crippen molar-refractivity contribution >= 4 is 23.4 Å². The number of fused-ring (bicyclic) bond motifs is 3. The van der Waals surface area contributed by atoms with Gasteiger partial charge in [0, 0.05) is 24.9 Å². The van der Waals surface area contributed by atoms with Crippen molar-refractivity contribution in [1.29, 1.82) is 0 Å². The van der Waals surface area contributed by atoms with Gasteiger partial charge in [0.15, 0.2) is 0 Å². The number of thiazole rings is 1. The standard InChI is InChI=1S/C24H22N2O4S/c27-23(28)21-12-25-22(31-21)15-6-5-11-26(13-15)24(29)30-14-20-18-9-3-1-7-16(18)17-8-2-4-10-19(17)20/h1-4,7-10,12,15,20H,5-6,11,13-14H2,(H,27,28). The van der Waals surface area contributed by atoms with E-state index in [0.717, 1.165) is 17.8 Å². The zero-order valence-electron chi connectivity index (χ0n) is 16.9. The van der Waals surface area contributed by atoms with E-state index in [1.165, 1.54) is 39.8 Å². The smallest absolute Gasteiger partial charge is 0.409 e. The summed E-state index contributed by atoms with van der Waals surface area (Å²) in [5, 5.41) is 9.91. The second-order valence-corrected chi connectivity index (χ2v) is 9.02. The van der Waals surface area contributed by atoms with E-state index in [0.29, 0.717) is 19.7 Å². The molecular weight excluding hydrogens is 412 g/mol. The normalized spacial score (nSPS) is 17.8. The molecule has 1 aromatic heterocycles. The molecule has 0 radical (unpaired) electrons. The van der Waals surface area contributed by atoms with Crippen molar-refractivity contribution in [2.24, 2.45) is 0 Å². The molecule has 1 atom stereocenters. The first-order chi connectivity index (χ1) is 15.1. The van der Waals surface area contributed by atoms with Crippen LogP contribution in [0.2, 0.25) is 0 Å². The lowest BCUT2D eigenvalue weighted by atomic mass is 9.98. The van der Waals surface area contributed by atoms with E-state index >= 15 is 0 Å². The maximum Gasteiger partial charge on any atom is 0.409 e. The molecule has 2 aliphatic rings. The fraction of sp³-hybridized carbons (Fsp3) is 0.292. The van der Waals surface area contributed by atoms with E-state index in [4.69, 9.17) is 9.84 Å². The molecule has 1 N–H and O–H groups in total. The Labute approximate surface area is 184 Å². The molecule has 158 valence electrons. The number of aromatic nitrogens is 1. The molecule has 31 heavy (non-hydrogen) atoms. The summed E-state index contributed by atoms with van der Waals surface area (Å²) in [4.78, 5) is 30.2. The predicted molar refractivity (Wildman–Crippen MR) is 118 cm³/mol. The van der Waals surface area contributed by atoms with Crippen LogP contribution in [0.15, 0.2) is 54.7 Å². The van der Waals surface area contributed by atoms with Gasteiger partial charge in [0.1, 0.15) is 11.5 Å². The summed E-state index contributed by atoms with van der Waals surface area (Å²) in [6, 6.07) is 16.6. The van der Waals surface area contributed by atoms with Crippen LogP contribution in [0.5, 0.6) is 0 Å². The van der Waals surface area contributed by atoms with Gasteiger partial charge < -0.3 is 14.7 Å². The van der Waals surface area contributed by atoms with Crippen molar-refractivity contribution in [2.45, 2.75) is 24.7 Å². The average Bonchev–Trinajstić information content (AvgIpc) is 3.42. The Balaban J connectivity index is 1.27. The van der Waals surface area contributed by atoms with Crippen molar-refractivity contribution in [3.05, 3.63) is 75.7 Å². The Morgan fingerprint density at radius 2 is 1.77 bits per heavy atom. The number of hydrogen-bond acceptors (Lipinski definition) is 5. The van der Waals surface area contributed by atoms with Gasteiger partial charge in [-0.05, 0) is 35.1 Å². The van der Waals surface area contributed by atoms with E-state index < -0.39 is 5.97 Å². The van der Waals surface area contributed by atoms with Gasteiger partial charge in [0.05, 0.1) is 11.2 Å². The minimum atomic E-state index is -0.965. The first-order valence-electron chi connectivity index (χ1n) is 10.4. The molecule has 1 saturated heterocycles. The number of likely N-dealkylation sites (tertiary alicyclic amines) is 1. The Morgan fingerprint density at radius 3 is 2.42 bits per heavy atom. The summed E-state index contributed by atoms with van der Waals surface area (Å²) < 4.78 is 5.78. The van der Waals surface area contributed by atoms with Crippen molar-refractivity contribution in [3.8, 4) is 11.1 Å². The van der Waals surface area contributed by atoms with Crippen molar-refractivity contribution in [2.75, 3.05) is 19.7 Å². The van der Waals surface area contributed by atoms with E-state index in [2.05, 4.69) is 29.2 Å². The molecule has 1 aliphatic heterocycles. The van der Waals surface area contributed by atoms with Crippen LogP contribution in [0.4, 0.5) is 4.79 Å². The van der Waals surface area contributed by atoms with Gasteiger partial charge >= 0.3 is 12.1 Å². The average molecular weight is 435 g/mol. The highest BCUT2D eigenvalue weighted by molar-refractivity contribution is 7.13. The number of nitrogens with zero attached hydrogens (tertiary/aromatic N) is 2. The topological polar surface area (TPSA) is 79.7 Å². The van der Waals surface area contributed by atoms with Gasteiger partial charge in [-0.2, -0.15) is 0 Å². The molecule has 1 fully saturated rings. The van der Waals surface area contributed by atoms with E-state index in [9.17, 15) is 9.59 Å². The second kappa shape index (κ2) is 8.15. The molecule has 1 amide bonds. The van der Waals surface area contributed by atoms with Crippen LogP contribution in [-0.4, -0.2) is 46.7 Å². The number of rotatable bonds is 4. The van der Waals surface area contributed by atoms with Crippen LogP contribution < -0.4 is 0 Å². The minimum absolute atomic E-state index is 0.0361. The van der Waals surface area contributed by atoms with Crippen LogP contribution in [0, 0.1) is 0 Å². The predicted octanol–water partition coefficient (Wildman–Crippen LogP) is 4.97. The zero-order chi connectivity index (χ0) is 21.4. The number of carboxylic acids is 1. The quantitative estimate of drug-likeness (QED) is 0.627. The summed E-state index contributed by atoms with van der Waals surface area (Å²) in [5.74, 6) is -0.880. The summed E-state index contributed by atoms with van der Waals surface area (Å²) in [6.45, 7) is 1.45. The third kappa shape index (κ3) is 3.70. The van der Waals surface area contributed by atoms with Crippen molar-refractivity contribution in [3.63, 3.8) is 0 Å². The molecule has 3 aromatic rings. The number of amides is 1. The molecule has 2 heterocycles. The Morgan fingerprint density at radius 1 is 1.10 bits per heavy atom. The van der Waals surface area contributed by atoms with Crippen LogP contribution in [-0.2, 0) is 4.74 Å². The van der Waals surface area contributed by atoms with E-state index in [1.54, 1.807) is 4.90 Å². The SMILES string of the molecule is O=C(O)c1cnc(C2CCCN(C(=O)OCC3c4ccccc4-c4ccccc43)C2)s1. The summed E-state index contributed by atoms with van der Waals surface area (Å²) in [5.41, 5.74) is 4.79. The number of aromatic carboxylic acids is 1. The fourth-order valence-electron chi connectivity index (χ4n) is 4.61. The Kier molecular flexibility index (Phi) is 5.19. The van der Waals surface area contributed by atoms with Crippen LogP contribution in [0.25, 0.3) is 11.1 Å². The van der Waals surface area contributed by atoms with Crippen molar-refractivity contribution in [1.82, 2.24) is 9.88 Å². The van der Waals surface area contributed by atoms with Gasteiger partial charge in [-0.3, -0.25) is 0 Å². The number of piperidine rings is 1. The first-order valence-corrected chi connectivity index (χ1v) is 11.2. The highest BCUT2D eigenvalue weighted by Crippen LogP contribution is 2.44. The Hall–Kier alpha value is -3.19. The molecule has 7 heteroatoms. The van der Waals surface area contributed by atoms with Gasteiger partial charge in [-0.25, -0.2) is 14.6 Å². The lowest BCUT2D eigenvalue weighted by Gasteiger charge is -2.31. The molecule has 5 rings (SSSR count). The Bertz CT molecular complexity index is 1100. The van der Waals surface area contributed by atoms with Gasteiger partial charge in [-0.15, -0.1) is 11.3 Å². The largest absolute Gasteiger partial charge is 0.477 e. The highest BCUT2D eigenvalue weighted by atomic mass is 32.1. The lowest BCUT2D eigenvalue weighted by Crippen LogP contribution is -2.39. The number of benzene rings is 2. The minimum Gasteiger partial charge on any atom is -0.477 e. The lowest BCUT2D eigenvalue weighted by molar-refractivity contribution is 0.0701. The molecule has 6 nitrogen and oxygen atoms in total. The number of carbonyl (C=O) groups is 2. The number of carboxylic acid groups (broad SMARTS) is 1. The maximum absolute atomic E-state index is 12.9. The molecule has 0 saturated carbocycles. The summed E-state index contributed by atoms with van der Waals surface area (Å²) >= 11 is 1.19. The molecule has 1 unspecified atom stereocenters. The van der Waals surface area contributed by atoms with Gasteiger partial charge in [-0.1, -0.05) is 48.5 Å². The fourth-order valence-corrected chi connectivity index (χ4v) is 5.49. The highest BCUT2D eigenvalue weighted by Gasteiger charge is 2.31. The molecule has 0 spiro atoms. The van der Waals surface area contributed by atoms with Gasteiger partial charge in [0.25, 0.3) is 0 Å². The summed E-state index contributed by atoms with van der Waals surface area (Å²) in [7, 11) is 0. The third-order valence-electron chi connectivity index (χ3n) is 6.10. The number of ether oxygens (including phenoxy) is 1.